The Balaban J connectivity index is 1.90. The van der Waals surface area contributed by atoms with Crippen LogP contribution in [-0.4, -0.2) is 32.6 Å². The van der Waals surface area contributed by atoms with Crippen molar-refractivity contribution in [2.45, 2.75) is 38.5 Å². The molecule has 144 valence electrons. The minimum Gasteiger partial charge on any atom is -0.366 e. The summed E-state index contributed by atoms with van der Waals surface area (Å²) in [4.78, 5) is 16.1. The van der Waals surface area contributed by atoms with E-state index in [9.17, 15) is 4.79 Å². The van der Waals surface area contributed by atoms with Crippen molar-refractivity contribution in [1.82, 2.24) is 20.1 Å². The van der Waals surface area contributed by atoms with Gasteiger partial charge in [-0.25, -0.2) is 4.98 Å². The van der Waals surface area contributed by atoms with Crippen molar-refractivity contribution in [3.8, 4) is 0 Å². The molecular weight excluding hydrogens is 410 g/mol. The van der Waals surface area contributed by atoms with Crippen LogP contribution in [0.3, 0.4) is 0 Å². The van der Waals surface area contributed by atoms with Crippen LogP contribution in [0.2, 0.25) is 0 Å². The Morgan fingerprint density at radius 2 is 2.33 bits per heavy atom. The Labute approximate surface area is 166 Å². The summed E-state index contributed by atoms with van der Waals surface area (Å²) in [6.45, 7) is 2.55. The lowest BCUT2D eigenvalue weighted by molar-refractivity contribution is -0.104. The lowest BCUT2D eigenvalue weighted by Gasteiger charge is -2.33. The van der Waals surface area contributed by atoms with Crippen molar-refractivity contribution in [2.24, 2.45) is 5.92 Å². The molecule has 1 atom stereocenters. The lowest BCUT2D eigenvalue weighted by Crippen LogP contribution is -2.21. The average Bonchev–Trinajstić information content (AvgIpc) is 3.01. The van der Waals surface area contributed by atoms with E-state index < -0.39 is 0 Å². The molecule has 27 heavy (non-hydrogen) atoms. The first-order valence-electron chi connectivity index (χ1n) is 9.16. The summed E-state index contributed by atoms with van der Waals surface area (Å²) in [6, 6.07) is 2.05. The number of hydrogen-bond donors (Lipinski definition) is 3. The van der Waals surface area contributed by atoms with Crippen LogP contribution in [0.5, 0.6) is 0 Å². The van der Waals surface area contributed by atoms with E-state index in [4.69, 9.17) is 10.2 Å². The number of carbonyl (C=O) groups is 1. The maximum atomic E-state index is 11.3. The highest BCUT2D eigenvalue weighted by Crippen LogP contribution is 2.41. The van der Waals surface area contributed by atoms with E-state index >= 15 is 0 Å². The largest absolute Gasteiger partial charge is 0.366 e. The van der Waals surface area contributed by atoms with Crippen LogP contribution >= 0.6 is 15.9 Å². The molecule has 3 rings (SSSR count). The molecule has 0 bridgehead atoms. The molecule has 0 amide bonds. The first kappa shape index (κ1) is 19.6. The second-order valence-electron chi connectivity index (χ2n) is 6.70. The number of nitrogens with one attached hydrogen (secondary N) is 2. The number of hydroxylamine groups is 1. The highest BCUT2D eigenvalue weighted by molar-refractivity contribution is 9.10. The number of aromatic nitrogens is 3. The van der Waals surface area contributed by atoms with Gasteiger partial charge in [0.15, 0.2) is 5.65 Å². The Morgan fingerprint density at radius 1 is 1.52 bits per heavy atom. The predicted octanol–water partition coefficient (Wildman–Crippen LogP) is 3.82. The van der Waals surface area contributed by atoms with E-state index in [0.29, 0.717) is 24.0 Å². The molecule has 0 spiro atoms. The third kappa shape index (κ3) is 4.39. The second-order valence-corrected chi connectivity index (χ2v) is 7.56. The highest BCUT2D eigenvalue weighted by atomic mass is 79.9. The minimum absolute atomic E-state index is 0.343. The van der Waals surface area contributed by atoms with Crippen molar-refractivity contribution >= 4 is 33.7 Å². The molecule has 7 nitrogen and oxygen atoms in total. The fourth-order valence-corrected chi connectivity index (χ4v) is 3.79. The van der Waals surface area contributed by atoms with Crippen molar-refractivity contribution in [3.05, 3.63) is 46.4 Å². The van der Waals surface area contributed by atoms with Gasteiger partial charge >= 0.3 is 0 Å². The molecule has 1 aliphatic rings. The molecule has 1 aliphatic carbocycles. The topological polar surface area (TPSA) is 91.5 Å². The smallest absolute Gasteiger partial charge is 0.171 e. The monoisotopic (exact) mass is 433 g/mol. The van der Waals surface area contributed by atoms with Crippen molar-refractivity contribution < 1.29 is 10.0 Å². The van der Waals surface area contributed by atoms with Gasteiger partial charge in [-0.1, -0.05) is 19.4 Å². The summed E-state index contributed by atoms with van der Waals surface area (Å²) >= 11 is 3.53. The van der Waals surface area contributed by atoms with E-state index in [1.165, 1.54) is 25.5 Å². The van der Waals surface area contributed by atoms with Gasteiger partial charge in [0.25, 0.3) is 0 Å². The van der Waals surface area contributed by atoms with Gasteiger partial charge < -0.3 is 5.32 Å². The molecule has 2 aromatic rings. The van der Waals surface area contributed by atoms with Gasteiger partial charge in [0, 0.05) is 36.0 Å². The summed E-state index contributed by atoms with van der Waals surface area (Å²) < 4.78 is 2.59. The van der Waals surface area contributed by atoms with Crippen molar-refractivity contribution in [1.29, 1.82) is 0 Å². The summed E-state index contributed by atoms with van der Waals surface area (Å²) in [7, 11) is 0. The Hall–Kier alpha value is -2.19. The molecular formula is C19H24BrN5O2. The fourth-order valence-electron chi connectivity index (χ4n) is 3.44. The van der Waals surface area contributed by atoms with Gasteiger partial charge in [-0.3, -0.25) is 15.5 Å². The predicted molar refractivity (Wildman–Crippen MR) is 108 cm³/mol. The van der Waals surface area contributed by atoms with Crippen molar-refractivity contribution in [3.63, 3.8) is 0 Å². The normalized spacial score (nSPS) is 16.5. The summed E-state index contributed by atoms with van der Waals surface area (Å²) in [5, 5.41) is 16.2. The Kier molecular flexibility index (Phi) is 6.63. The van der Waals surface area contributed by atoms with Gasteiger partial charge in [-0.05, 0) is 47.2 Å². The third-order valence-corrected chi connectivity index (χ3v) is 5.65. The number of hydrogen-bond acceptors (Lipinski definition) is 6. The van der Waals surface area contributed by atoms with E-state index in [-0.39, 0.29) is 0 Å². The van der Waals surface area contributed by atoms with Crippen LogP contribution in [0.1, 0.15) is 44.2 Å². The van der Waals surface area contributed by atoms with Crippen LogP contribution in [0.25, 0.3) is 5.65 Å². The molecule has 0 aromatic carbocycles. The van der Waals surface area contributed by atoms with Gasteiger partial charge in [-0.2, -0.15) is 9.61 Å². The summed E-state index contributed by atoms with van der Waals surface area (Å²) in [6.07, 6.45) is 11.9. The molecule has 1 unspecified atom stereocenters. The number of rotatable bonds is 9. The lowest BCUT2D eigenvalue weighted by atomic mass is 9.73. The molecule has 0 saturated heterocycles. The number of nitrogens with zero attached hydrogens (tertiary/aromatic N) is 3. The van der Waals surface area contributed by atoms with Gasteiger partial charge in [0.1, 0.15) is 12.1 Å². The molecule has 1 fully saturated rings. The van der Waals surface area contributed by atoms with Crippen LogP contribution in [0.4, 0.5) is 5.82 Å². The standard InChI is InChI=1S/C19H24BrN5O2/c1-2-15(14-6-3-7-14)17-9-18(25-19(24-17)16(20)11-22-25)21-10-13(12-26)5-4-8-23-27/h4-5,8-9,11-12,14-15,21,23,27H,2-3,6-7,10H2,1H3/b8-4-,13-5-. The summed E-state index contributed by atoms with van der Waals surface area (Å²) in [5.74, 6) is 1.93. The van der Waals surface area contributed by atoms with E-state index in [0.717, 1.165) is 34.3 Å². The van der Waals surface area contributed by atoms with Crippen LogP contribution in [-0.2, 0) is 4.79 Å². The number of carbonyl (C=O) groups excluding carboxylic acids is 1. The number of anilines is 1. The summed E-state index contributed by atoms with van der Waals surface area (Å²) in [5.41, 5.74) is 4.29. The van der Waals surface area contributed by atoms with Gasteiger partial charge in [-0.15, -0.1) is 0 Å². The molecule has 8 heteroatoms. The molecule has 0 radical (unpaired) electrons. The maximum absolute atomic E-state index is 11.3. The highest BCUT2D eigenvalue weighted by Gasteiger charge is 2.29. The van der Waals surface area contributed by atoms with Gasteiger partial charge in [0.2, 0.25) is 0 Å². The first-order chi connectivity index (χ1) is 13.2. The SMILES string of the molecule is CCC(c1cc(NC/C(C=O)=C/C=C\NO)n2ncc(Br)c2n1)C1CCC1. The number of halogens is 1. The maximum Gasteiger partial charge on any atom is 0.171 e. The Bertz CT molecular complexity index is 857. The fraction of sp³-hybridized carbons (Fsp3) is 0.421. The van der Waals surface area contributed by atoms with Gasteiger partial charge in [0.05, 0.1) is 10.7 Å². The zero-order chi connectivity index (χ0) is 19.2. The Morgan fingerprint density at radius 3 is 2.96 bits per heavy atom. The molecule has 1 saturated carbocycles. The zero-order valence-corrected chi connectivity index (χ0v) is 16.8. The average molecular weight is 434 g/mol. The van der Waals surface area contributed by atoms with Crippen molar-refractivity contribution in [2.75, 3.05) is 11.9 Å². The number of allylic oxidation sites excluding steroid dienone is 2. The van der Waals surface area contributed by atoms with E-state index in [1.54, 1.807) is 22.9 Å². The molecule has 0 aliphatic heterocycles. The third-order valence-electron chi connectivity index (χ3n) is 5.09. The number of fused-ring (bicyclic) bond motifs is 1. The van der Waals surface area contributed by atoms with Crippen LogP contribution < -0.4 is 10.8 Å². The molecule has 2 heterocycles. The van der Waals surface area contributed by atoms with E-state index in [1.807, 2.05) is 11.5 Å². The number of aldehydes is 1. The molecule has 2 aromatic heterocycles. The molecule has 3 N–H and O–H groups in total. The van der Waals surface area contributed by atoms with Crippen LogP contribution in [0, 0.1) is 5.92 Å². The minimum atomic E-state index is 0.343. The zero-order valence-electron chi connectivity index (χ0n) is 15.2. The first-order valence-corrected chi connectivity index (χ1v) is 9.95. The quantitative estimate of drug-likeness (QED) is 0.241. The van der Waals surface area contributed by atoms with Crippen LogP contribution in [0.15, 0.2) is 40.7 Å². The second kappa shape index (κ2) is 9.14. The van der Waals surface area contributed by atoms with E-state index in [2.05, 4.69) is 33.3 Å².